The van der Waals surface area contributed by atoms with Gasteiger partial charge in [0, 0.05) is 11.5 Å². The molecule has 0 saturated carbocycles. The highest BCUT2D eigenvalue weighted by Crippen LogP contribution is 2.21. The summed E-state index contributed by atoms with van der Waals surface area (Å²) in [7, 11) is 0. The molecule has 6 heteroatoms. The average Bonchev–Trinajstić information content (AvgIpc) is 2.97. The Morgan fingerprint density at radius 3 is 2.90 bits per heavy atom. The molecule has 0 aliphatic heterocycles. The summed E-state index contributed by atoms with van der Waals surface area (Å²) in [6.07, 6.45) is 1.48. The first-order valence-corrected chi connectivity index (χ1v) is 6.00. The van der Waals surface area contributed by atoms with Gasteiger partial charge in [-0.2, -0.15) is 0 Å². The Bertz CT molecular complexity index is 753. The molecule has 0 atom stereocenters. The summed E-state index contributed by atoms with van der Waals surface area (Å²) in [5.41, 5.74) is 1.57. The molecule has 0 fully saturated rings. The van der Waals surface area contributed by atoms with Crippen LogP contribution in [-0.4, -0.2) is 21.2 Å². The van der Waals surface area contributed by atoms with Crippen LogP contribution >= 0.6 is 0 Å². The second-order valence-electron chi connectivity index (χ2n) is 4.22. The number of carbonyl (C=O) groups is 1. The van der Waals surface area contributed by atoms with Crippen LogP contribution in [0.15, 0.2) is 47.2 Å². The van der Waals surface area contributed by atoms with E-state index in [4.69, 9.17) is 4.52 Å². The van der Waals surface area contributed by atoms with Gasteiger partial charge in [0.05, 0.1) is 17.6 Å². The minimum Gasteiger partial charge on any atom is -0.478 e. The summed E-state index contributed by atoms with van der Waals surface area (Å²) in [5.74, 6) is -0.489. The number of rotatable bonds is 4. The molecular weight excluding hydrogens is 258 g/mol. The molecule has 0 spiro atoms. The minimum absolute atomic E-state index is 0.221. The third-order valence-corrected chi connectivity index (χ3v) is 2.89. The Labute approximate surface area is 114 Å². The van der Waals surface area contributed by atoms with Crippen molar-refractivity contribution in [1.82, 2.24) is 10.1 Å². The molecule has 6 nitrogen and oxygen atoms in total. The average molecular weight is 269 g/mol. The topological polar surface area (TPSA) is 88.2 Å². The predicted octanol–water partition coefficient (Wildman–Crippen LogP) is 2.53. The number of fused-ring (bicyclic) bond motifs is 1. The third kappa shape index (κ3) is 2.31. The number of nitrogens with zero attached hydrogens (tertiary/aromatic N) is 2. The first-order valence-electron chi connectivity index (χ1n) is 6.00. The summed E-state index contributed by atoms with van der Waals surface area (Å²) in [5, 5.41) is 16.7. The van der Waals surface area contributed by atoms with E-state index < -0.39 is 5.97 Å². The highest BCUT2D eigenvalue weighted by Gasteiger charge is 2.11. The first-order chi connectivity index (χ1) is 9.74. The molecule has 100 valence electrons. The van der Waals surface area contributed by atoms with Crippen molar-refractivity contribution in [2.75, 3.05) is 5.32 Å². The van der Waals surface area contributed by atoms with Gasteiger partial charge in [0.15, 0.2) is 0 Å². The van der Waals surface area contributed by atoms with Crippen LogP contribution in [0.3, 0.4) is 0 Å². The molecule has 2 N–H and O–H groups in total. The lowest BCUT2D eigenvalue weighted by atomic mass is 10.1. The van der Waals surface area contributed by atoms with E-state index in [1.165, 1.54) is 12.3 Å². The molecular formula is C14H11N3O3. The number of anilines is 1. The molecule has 1 aromatic carbocycles. The fourth-order valence-corrected chi connectivity index (χ4v) is 1.95. The number of benzene rings is 1. The zero-order valence-corrected chi connectivity index (χ0v) is 10.4. The van der Waals surface area contributed by atoms with E-state index in [1.807, 2.05) is 6.07 Å². The maximum atomic E-state index is 11.3. The van der Waals surface area contributed by atoms with Gasteiger partial charge in [-0.15, -0.1) is 0 Å². The summed E-state index contributed by atoms with van der Waals surface area (Å²) in [6.45, 7) is 0.418. The van der Waals surface area contributed by atoms with E-state index in [0.29, 0.717) is 23.3 Å². The van der Waals surface area contributed by atoms with Crippen molar-refractivity contribution in [3.8, 4) is 0 Å². The van der Waals surface area contributed by atoms with Crippen molar-refractivity contribution in [3.05, 3.63) is 53.9 Å². The molecule has 3 rings (SSSR count). The fraction of sp³-hybridized carbons (Fsp3) is 0.0714. The Morgan fingerprint density at radius 1 is 1.30 bits per heavy atom. The maximum Gasteiger partial charge on any atom is 0.336 e. The number of nitrogens with one attached hydrogen (secondary N) is 1. The van der Waals surface area contributed by atoms with Gasteiger partial charge in [-0.3, -0.25) is 0 Å². The number of aromatic nitrogens is 2. The molecule has 2 aromatic heterocycles. The Kier molecular flexibility index (Phi) is 3.04. The molecule has 0 bridgehead atoms. The smallest absolute Gasteiger partial charge is 0.336 e. The minimum atomic E-state index is -0.979. The second kappa shape index (κ2) is 5.00. The molecule has 0 amide bonds. The molecule has 0 unspecified atom stereocenters. The van der Waals surface area contributed by atoms with E-state index in [0.717, 1.165) is 5.69 Å². The van der Waals surface area contributed by atoms with Gasteiger partial charge in [-0.25, -0.2) is 9.78 Å². The van der Waals surface area contributed by atoms with Crippen LogP contribution in [0.2, 0.25) is 0 Å². The lowest BCUT2D eigenvalue weighted by molar-refractivity contribution is 0.0699. The van der Waals surface area contributed by atoms with Gasteiger partial charge in [0.2, 0.25) is 0 Å². The SMILES string of the molecule is O=C(O)c1cc(NCc2ccon2)nc2ccccc12. The Hall–Kier alpha value is -2.89. The van der Waals surface area contributed by atoms with Crippen LogP contribution in [0.4, 0.5) is 5.82 Å². The number of aromatic carboxylic acids is 1. The van der Waals surface area contributed by atoms with Gasteiger partial charge in [0.25, 0.3) is 0 Å². The van der Waals surface area contributed by atoms with E-state index >= 15 is 0 Å². The van der Waals surface area contributed by atoms with E-state index in [-0.39, 0.29) is 5.56 Å². The maximum absolute atomic E-state index is 11.3. The number of carboxylic acid groups (broad SMARTS) is 1. The van der Waals surface area contributed by atoms with Gasteiger partial charge in [-0.1, -0.05) is 23.4 Å². The van der Waals surface area contributed by atoms with Crippen molar-refractivity contribution in [2.24, 2.45) is 0 Å². The van der Waals surface area contributed by atoms with Crippen molar-refractivity contribution in [2.45, 2.75) is 6.54 Å². The van der Waals surface area contributed by atoms with Crippen LogP contribution in [0, 0.1) is 0 Å². The molecule has 0 aliphatic carbocycles. The fourth-order valence-electron chi connectivity index (χ4n) is 1.95. The van der Waals surface area contributed by atoms with Gasteiger partial charge in [0.1, 0.15) is 17.8 Å². The van der Waals surface area contributed by atoms with Crippen molar-refractivity contribution in [1.29, 1.82) is 0 Å². The molecule has 3 aromatic rings. The second-order valence-corrected chi connectivity index (χ2v) is 4.22. The Balaban J connectivity index is 1.97. The summed E-state index contributed by atoms with van der Waals surface area (Å²) >= 11 is 0. The monoisotopic (exact) mass is 269 g/mol. The third-order valence-electron chi connectivity index (χ3n) is 2.89. The van der Waals surface area contributed by atoms with E-state index in [2.05, 4.69) is 15.5 Å². The molecule has 2 heterocycles. The van der Waals surface area contributed by atoms with Crippen molar-refractivity contribution >= 4 is 22.7 Å². The van der Waals surface area contributed by atoms with Gasteiger partial charge < -0.3 is 14.9 Å². The molecule has 0 radical (unpaired) electrons. The summed E-state index contributed by atoms with van der Waals surface area (Å²) in [6, 6.07) is 10.4. The summed E-state index contributed by atoms with van der Waals surface area (Å²) < 4.78 is 4.73. The van der Waals surface area contributed by atoms with E-state index in [1.54, 1.807) is 24.3 Å². The molecule has 20 heavy (non-hydrogen) atoms. The standard InChI is InChI=1S/C14H11N3O3/c18-14(19)11-7-13(15-8-9-5-6-20-17-9)16-12-4-2-1-3-10(11)12/h1-7H,8H2,(H,15,16)(H,18,19). The van der Waals surface area contributed by atoms with Crippen LogP contribution in [0.1, 0.15) is 16.1 Å². The molecule has 0 saturated heterocycles. The van der Waals surface area contributed by atoms with Crippen molar-refractivity contribution in [3.63, 3.8) is 0 Å². The summed E-state index contributed by atoms with van der Waals surface area (Å²) in [4.78, 5) is 15.7. The number of para-hydroxylation sites is 1. The zero-order valence-electron chi connectivity index (χ0n) is 10.4. The normalized spacial score (nSPS) is 10.6. The number of hydrogen-bond donors (Lipinski definition) is 2. The number of hydrogen-bond acceptors (Lipinski definition) is 5. The quantitative estimate of drug-likeness (QED) is 0.756. The highest BCUT2D eigenvalue weighted by atomic mass is 16.5. The van der Waals surface area contributed by atoms with E-state index in [9.17, 15) is 9.90 Å². The largest absolute Gasteiger partial charge is 0.478 e. The number of pyridine rings is 1. The number of carboxylic acids is 1. The van der Waals surface area contributed by atoms with Crippen molar-refractivity contribution < 1.29 is 14.4 Å². The highest BCUT2D eigenvalue weighted by molar-refractivity contribution is 6.03. The van der Waals surface area contributed by atoms with Crippen LogP contribution < -0.4 is 5.32 Å². The lowest BCUT2D eigenvalue weighted by Crippen LogP contribution is -2.05. The van der Waals surface area contributed by atoms with Gasteiger partial charge >= 0.3 is 5.97 Å². The molecule has 0 aliphatic rings. The first kappa shape index (κ1) is 12.2. The van der Waals surface area contributed by atoms with Gasteiger partial charge in [-0.05, 0) is 12.1 Å². The van der Waals surface area contributed by atoms with Crippen LogP contribution in [0.5, 0.6) is 0 Å². The van der Waals surface area contributed by atoms with Crippen LogP contribution in [0.25, 0.3) is 10.9 Å². The lowest BCUT2D eigenvalue weighted by Gasteiger charge is -2.07. The van der Waals surface area contributed by atoms with Crippen LogP contribution in [-0.2, 0) is 6.54 Å². The predicted molar refractivity (Wildman–Crippen MR) is 72.5 cm³/mol. The zero-order chi connectivity index (χ0) is 13.9. The Morgan fingerprint density at radius 2 is 2.15 bits per heavy atom.